The van der Waals surface area contributed by atoms with Gasteiger partial charge in [0.15, 0.2) is 0 Å². The van der Waals surface area contributed by atoms with Crippen molar-refractivity contribution in [1.29, 1.82) is 0 Å². The van der Waals surface area contributed by atoms with Gasteiger partial charge in [-0.1, -0.05) is 31.3 Å². The fraction of sp³-hybridized carbons (Fsp3) is 0.471. The summed E-state index contributed by atoms with van der Waals surface area (Å²) in [6, 6.07) is 5.96. The van der Waals surface area contributed by atoms with Gasteiger partial charge in [0.1, 0.15) is 10.8 Å². The number of rotatable bonds is 3. The van der Waals surface area contributed by atoms with E-state index < -0.39 is 0 Å². The first-order chi connectivity index (χ1) is 11.1. The number of hydrogen-bond acceptors (Lipinski definition) is 5. The van der Waals surface area contributed by atoms with Crippen molar-refractivity contribution in [2.24, 2.45) is 0 Å². The number of nitrogens with zero attached hydrogens (tertiary/aromatic N) is 3. The van der Waals surface area contributed by atoms with Gasteiger partial charge in [-0.15, -0.1) is 10.2 Å². The first-order valence-corrected chi connectivity index (χ1v) is 8.74. The Labute approximate surface area is 140 Å². The number of anilines is 1. The number of methoxy groups -OCH3 is 1. The Hall–Kier alpha value is -1.95. The first-order valence-electron chi connectivity index (χ1n) is 7.92. The molecule has 5 nitrogen and oxygen atoms in total. The average Bonchev–Trinajstić information content (AvgIpc) is 2.96. The van der Waals surface area contributed by atoms with Crippen molar-refractivity contribution in [2.45, 2.75) is 39.0 Å². The minimum atomic E-state index is -0.0641. The summed E-state index contributed by atoms with van der Waals surface area (Å²) < 4.78 is 5.33. The van der Waals surface area contributed by atoms with E-state index in [1.807, 2.05) is 17.0 Å². The van der Waals surface area contributed by atoms with E-state index in [1.54, 1.807) is 7.11 Å². The summed E-state index contributed by atoms with van der Waals surface area (Å²) in [4.78, 5) is 14.8. The van der Waals surface area contributed by atoms with Crippen LogP contribution in [-0.4, -0.2) is 29.8 Å². The molecule has 0 saturated heterocycles. The maximum absolute atomic E-state index is 12.9. The molecular formula is C17H21N3O2S. The van der Waals surface area contributed by atoms with Crippen LogP contribution in [0.2, 0.25) is 0 Å². The predicted octanol–water partition coefficient (Wildman–Crippen LogP) is 3.65. The van der Waals surface area contributed by atoms with Gasteiger partial charge in [0.2, 0.25) is 5.01 Å². The normalized spacial score (nSPS) is 14.5. The molecule has 2 aromatic rings. The molecule has 0 bridgehead atoms. The van der Waals surface area contributed by atoms with Crippen LogP contribution in [0.25, 0.3) is 0 Å². The summed E-state index contributed by atoms with van der Waals surface area (Å²) in [5, 5.41) is 9.61. The second-order valence-electron chi connectivity index (χ2n) is 6.01. The number of carbonyl (C=O) groups excluding carboxylic acids is 1. The molecule has 0 aliphatic carbocycles. The van der Waals surface area contributed by atoms with Gasteiger partial charge in [-0.3, -0.25) is 4.79 Å². The third kappa shape index (κ3) is 3.22. The number of benzene rings is 1. The number of carbonyl (C=O) groups is 1. The topological polar surface area (TPSA) is 55.3 Å². The third-order valence-electron chi connectivity index (χ3n) is 4.02. The molecule has 0 unspecified atom stereocenters. The van der Waals surface area contributed by atoms with Gasteiger partial charge in [-0.05, 0) is 30.9 Å². The maximum Gasteiger partial charge on any atom is 0.289 e. The number of amides is 1. The zero-order valence-corrected chi connectivity index (χ0v) is 14.5. The van der Waals surface area contributed by atoms with E-state index in [0.29, 0.717) is 11.6 Å². The van der Waals surface area contributed by atoms with Crippen LogP contribution >= 0.6 is 11.3 Å². The molecule has 0 saturated carbocycles. The molecule has 1 aliphatic rings. The molecular weight excluding hydrogens is 310 g/mol. The van der Waals surface area contributed by atoms with E-state index in [4.69, 9.17) is 4.74 Å². The van der Waals surface area contributed by atoms with Gasteiger partial charge in [-0.25, -0.2) is 0 Å². The van der Waals surface area contributed by atoms with Gasteiger partial charge in [0.25, 0.3) is 5.91 Å². The van der Waals surface area contributed by atoms with Crippen LogP contribution in [0.15, 0.2) is 18.2 Å². The summed E-state index contributed by atoms with van der Waals surface area (Å²) in [5.74, 6) is 0.986. The number of aryl methyl sites for hydroxylation is 1. The van der Waals surface area contributed by atoms with E-state index in [1.165, 1.54) is 16.9 Å². The Balaban J connectivity index is 1.96. The number of hydrogen-bond donors (Lipinski definition) is 0. The lowest BCUT2D eigenvalue weighted by Gasteiger charge is -2.22. The summed E-state index contributed by atoms with van der Waals surface area (Å²) in [5.41, 5.74) is 2.12. The molecule has 0 spiro atoms. The van der Waals surface area contributed by atoms with Crippen molar-refractivity contribution >= 4 is 22.9 Å². The lowest BCUT2D eigenvalue weighted by Crippen LogP contribution is -2.31. The Bertz CT molecular complexity index is 712. The highest BCUT2D eigenvalue weighted by atomic mass is 32.1. The van der Waals surface area contributed by atoms with Crippen molar-refractivity contribution in [1.82, 2.24) is 10.2 Å². The molecule has 0 fully saturated rings. The Morgan fingerprint density at radius 3 is 2.83 bits per heavy atom. The quantitative estimate of drug-likeness (QED) is 0.861. The van der Waals surface area contributed by atoms with E-state index in [-0.39, 0.29) is 11.8 Å². The van der Waals surface area contributed by atoms with Crippen molar-refractivity contribution in [3.63, 3.8) is 0 Å². The van der Waals surface area contributed by atoms with Crippen LogP contribution in [0.3, 0.4) is 0 Å². The summed E-state index contributed by atoms with van der Waals surface area (Å²) >= 11 is 1.39. The van der Waals surface area contributed by atoms with Gasteiger partial charge in [-0.2, -0.15) is 0 Å². The molecule has 0 N–H and O–H groups in total. The zero-order chi connectivity index (χ0) is 16.4. The fourth-order valence-electron chi connectivity index (χ4n) is 2.72. The van der Waals surface area contributed by atoms with Crippen molar-refractivity contribution in [2.75, 3.05) is 18.6 Å². The van der Waals surface area contributed by atoms with Gasteiger partial charge in [0.05, 0.1) is 12.8 Å². The molecule has 6 heteroatoms. The standard InChI is InChI=1S/C17H21N3O2S/c1-11(2)15-18-19-16(23-15)17(21)20-9-5-4-6-12-7-8-13(22-3)10-14(12)20/h7-8,10-11H,4-6,9H2,1-3H3. The van der Waals surface area contributed by atoms with Crippen molar-refractivity contribution < 1.29 is 9.53 Å². The van der Waals surface area contributed by atoms with Crippen LogP contribution in [0.5, 0.6) is 5.75 Å². The highest BCUT2D eigenvalue weighted by Crippen LogP contribution is 2.32. The average molecular weight is 331 g/mol. The van der Waals surface area contributed by atoms with Gasteiger partial charge in [0, 0.05) is 18.5 Å². The van der Waals surface area contributed by atoms with Crippen LogP contribution in [-0.2, 0) is 6.42 Å². The number of ether oxygens (including phenoxy) is 1. The fourth-order valence-corrected chi connectivity index (χ4v) is 3.51. The largest absolute Gasteiger partial charge is 0.497 e. The molecule has 23 heavy (non-hydrogen) atoms. The molecule has 2 heterocycles. The van der Waals surface area contributed by atoms with Crippen molar-refractivity contribution in [3.05, 3.63) is 33.8 Å². The Morgan fingerprint density at radius 2 is 2.13 bits per heavy atom. The minimum absolute atomic E-state index is 0.0641. The number of aromatic nitrogens is 2. The molecule has 122 valence electrons. The molecule has 3 rings (SSSR count). The summed E-state index contributed by atoms with van der Waals surface area (Å²) in [7, 11) is 1.64. The Kier molecular flexibility index (Phi) is 4.61. The Morgan fingerprint density at radius 1 is 1.30 bits per heavy atom. The minimum Gasteiger partial charge on any atom is -0.497 e. The van der Waals surface area contributed by atoms with Crippen molar-refractivity contribution in [3.8, 4) is 5.75 Å². The van der Waals surface area contributed by atoms with E-state index in [9.17, 15) is 4.79 Å². The van der Waals surface area contributed by atoms with E-state index in [2.05, 4.69) is 30.1 Å². The zero-order valence-electron chi connectivity index (χ0n) is 13.7. The lowest BCUT2D eigenvalue weighted by molar-refractivity contribution is 0.0986. The summed E-state index contributed by atoms with van der Waals surface area (Å²) in [6.07, 6.45) is 3.05. The molecule has 1 aromatic heterocycles. The van der Waals surface area contributed by atoms with E-state index >= 15 is 0 Å². The predicted molar refractivity (Wildman–Crippen MR) is 91.6 cm³/mol. The molecule has 1 amide bonds. The van der Waals surface area contributed by atoms with Gasteiger partial charge >= 0.3 is 0 Å². The SMILES string of the molecule is COc1ccc2c(c1)N(C(=O)c1nnc(C(C)C)s1)CCCC2. The van der Waals surface area contributed by atoms with E-state index in [0.717, 1.165) is 35.7 Å². The van der Waals surface area contributed by atoms with Crippen LogP contribution in [0, 0.1) is 0 Å². The third-order valence-corrected chi connectivity index (χ3v) is 5.24. The summed E-state index contributed by atoms with van der Waals surface area (Å²) in [6.45, 7) is 4.82. The maximum atomic E-state index is 12.9. The first kappa shape index (κ1) is 15.9. The highest BCUT2D eigenvalue weighted by molar-refractivity contribution is 7.13. The highest BCUT2D eigenvalue weighted by Gasteiger charge is 2.26. The van der Waals surface area contributed by atoms with Crippen LogP contribution in [0.1, 0.15) is 53.0 Å². The molecule has 1 aliphatic heterocycles. The van der Waals surface area contributed by atoms with Crippen LogP contribution < -0.4 is 9.64 Å². The molecule has 0 atom stereocenters. The molecule has 1 aromatic carbocycles. The smallest absolute Gasteiger partial charge is 0.289 e. The second-order valence-corrected chi connectivity index (χ2v) is 7.02. The lowest BCUT2D eigenvalue weighted by atomic mass is 10.1. The molecule has 0 radical (unpaired) electrons. The van der Waals surface area contributed by atoms with Crippen LogP contribution in [0.4, 0.5) is 5.69 Å². The number of fused-ring (bicyclic) bond motifs is 1. The van der Waals surface area contributed by atoms with Gasteiger partial charge < -0.3 is 9.64 Å². The second kappa shape index (κ2) is 6.66. The monoisotopic (exact) mass is 331 g/mol.